The Balaban J connectivity index is 2.58. The zero-order chi connectivity index (χ0) is 14.9. The number of ether oxygens (including phenoxy) is 1. The van der Waals surface area contributed by atoms with Gasteiger partial charge in [-0.15, -0.1) is 0 Å². The van der Waals surface area contributed by atoms with E-state index in [1.165, 1.54) is 12.1 Å². The van der Waals surface area contributed by atoms with E-state index in [0.29, 0.717) is 16.9 Å². The van der Waals surface area contributed by atoms with Gasteiger partial charge in [0.15, 0.2) is 0 Å². The van der Waals surface area contributed by atoms with Crippen LogP contribution in [0.25, 0.3) is 0 Å². The van der Waals surface area contributed by atoms with Crippen molar-refractivity contribution in [3.8, 4) is 5.75 Å². The van der Waals surface area contributed by atoms with E-state index in [1.807, 2.05) is 19.9 Å². The van der Waals surface area contributed by atoms with Crippen molar-refractivity contribution in [2.24, 2.45) is 0 Å². The second kappa shape index (κ2) is 5.94. The second-order valence-corrected chi connectivity index (χ2v) is 5.56. The minimum Gasteiger partial charge on any atom is -0.496 e. The average Bonchev–Trinajstić information content (AvgIpc) is 2.42. The lowest BCUT2D eigenvalue weighted by Crippen LogP contribution is -2.07. The quantitative estimate of drug-likeness (QED) is 0.904. The van der Waals surface area contributed by atoms with Gasteiger partial charge < -0.3 is 9.84 Å². The van der Waals surface area contributed by atoms with Crippen molar-refractivity contribution in [2.45, 2.75) is 20.0 Å². The van der Waals surface area contributed by atoms with Gasteiger partial charge in [-0.1, -0.05) is 28.1 Å². The Morgan fingerprint density at radius 2 is 1.80 bits per heavy atom. The molecule has 1 N–H and O–H groups in total. The maximum absolute atomic E-state index is 13.0. The van der Waals surface area contributed by atoms with Gasteiger partial charge in [0, 0.05) is 10.0 Å². The van der Waals surface area contributed by atoms with E-state index in [4.69, 9.17) is 4.74 Å². The van der Waals surface area contributed by atoms with Gasteiger partial charge in [0.05, 0.1) is 7.11 Å². The molecule has 2 rings (SSSR count). The molecule has 20 heavy (non-hydrogen) atoms. The minimum absolute atomic E-state index is 0.324. The molecule has 0 heterocycles. The summed E-state index contributed by atoms with van der Waals surface area (Å²) in [6.07, 6.45) is -0.859. The van der Waals surface area contributed by atoms with Crippen molar-refractivity contribution in [3.63, 3.8) is 0 Å². The molecular formula is C16H16BrFO2. The second-order valence-electron chi connectivity index (χ2n) is 4.70. The van der Waals surface area contributed by atoms with Crippen LogP contribution in [-0.2, 0) is 0 Å². The zero-order valence-corrected chi connectivity index (χ0v) is 13.2. The van der Waals surface area contributed by atoms with Crippen molar-refractivity contribution in [3.05, 3.63) is 62.9 Å². The molecule has 0 amide bonds. The fourth-order valence-electron chi connectivity index (χ4n) is 2.29. The Kier molecular flexibility index (Phi) is 4.45. The Hall–Kier alpha value is -1.39. The number of rotatable bonds is 3. The van der Waals surface area contributed by atoms with Crippen LogP contribution >= 0.6 is 15.9 Å². The first-order valence-corrected chi connectivity index (χ1v) is 7.02. The third-order valence-corrected chi connectivity index (χ3v) is 4.20. The van der Waals surface area contributed by atoms with Crippen LogP contribution in [0.4, 0.5) is 4.39 Å². The molecule has 0 aromatic heterocycles. The van der Waals surface area contributed by atoms with Crippen molar-refractivity contribution >= 4 is 15.9 Å². The molecule has 106 valence electrons. The highest BCUT2D eigenvalue weighted by molar-refractivity contribution is 9.10. The molecule has 1 atom stereocenters. The summed E-state index contributed by atoms with van der Waals surface area (Å²) in [4.78, 5) is 0. The van der Waals surface area contributed by atoms with Crippen LogP contribution in [0.15, 0.2) is 34.8 Å². The number of benzene rings is 2. The van der Waals surface area contributed by atoms with Crippen LogP contribution in [-0.4, -0.2) is 12.2 Å². The molecule has 0 aliphatic heterocycles. The third kappa shape index (κ3) is 2.72. The Labute approximate surface area is 126 Å². The molecule has 0 aliphatic carbocycles. The first-order valence-electron chi connectivity index (χ1n) is 6.22. The normalized spacial score (nSPS) is 12.3. The molecule has 0 saturated heterocycles. The molecule has 0 bridgehead atoms. The molecule has 2 nitrogen and oxygen atoms in total. The van der Waals surface area contributed by atoms with Crippen LogP contribution in [0.3, 0.4) is 0 Å². The van der Waals surface area contributed by atoms with Crippen molar-refractivity contribution in [1.29, 1.82) is 0 Å². The lowest BCUT2D eigenvalue weighted by Gasteiger charge is -2.20. The number of hydrogen-bond donors (Lipinski definition) is 1. The SMILES string of the molecule is COc1c(C)cc(Br)c(C)c1C(O)c1ccc(F)cc1. The van der Waals surface area contributed by atoms with E-state index < -0.39 is 6.10 Å². The molecule has 0 spiro atoms. The molecular weight excluding hydrogens is 323 g/mol. The maximum Gasteiger partial charge on any atom is 0.128 e. The molecule has 0 aliphatic rings. The lowest BCUT2D eigenvalue weighted by molar-refractivity contribution is 0.213. The minimum atomic E-state index is -0.859. The van der Waals surface area contributed by atoms with Crippen molar-refractivity contribution < 1.29 is 14.2 Å². The van der Waals surface area contributed by atoms with Gasteiger partial charge in [0.2, 0.25) is 0 Å². The molecule has 0 saturated carbocycles. The van der Waals surface area contributed by atoms with E-state index in [0.717, 1.165) is 15.6 Å². The van der Waals surface area contributed by atoms with E-state index >= 15 is 0 Å². The summed E-state index contributed by atoms with van der Waals surface area (Å²) in [7, 11) is 1.58. The topological polar surface area (TPSA) is 29.5 Å². The van der Waals surface area contributed by atoms with Crippen LogP contribution in [0.5, 0.6) is 5.75 Å². The maximum atomic E-state index is 13.0. The molecule has 4 heteroatoms. The third-order valence-electron chi connectivity index (χ3n) is 3.37. The largest absolute Gasteiger partial charge is 0.496 e. The summed E-state index contributed by atoms with van der Waals surface area (Å²) in [5, 5.41) is 10.6. The van der Waals surface area contributed by atoms with Gasteiger partial charge in [-0.05, 0) is 48.7 Å². The Morgan fingerprint density at radius 1 is 1.20 bits per heavy atom. The smallest absolute Gasteiger partial charge is 0.128 e. The van der Waals surface area contributed by atoms with E-state index in [9.17, 15) is 9.50 Å². The summed E-state index contributed by atoms with van der Waals surface area (Å²) in [5.41, 5.74) is 3.17. The van der Waals surface area contributed by atoms with E-state index in [-0.39, 0.29) is 5.82 Å². The van der Waals surface area contributed by atoms with Gasteiger partial charge >= 0.3 is 0 Å². The number of aryl methyl sites for hydroxylation is 1. The number of methoxy groups -OCH3 is 1. The highest BCUT2D eigenvalue weighted by Crippen LogP contribution is 2.38. The van der Waals surface area contributed by atoms with Gasteiger partial charge in [-0.25, -0.2) is 4.39 Å². The highest BCUT2D eigenvalue weighted by Gasteiger charge is 2.21. The van der Waals surface area contributed by atoms with Crippen LogP contribution in [0, 0.1) is 19.7 Å². The van der Waals surface area contributed by atoms with E-state index in [1.54, 1.807) is 19.2 Å². The monoisotopic (exact) mass is 338 g/mol. The summed E-state index contributed by atoms with van der Waals surface area (Å²) < 4.78 is 19.3. The van der Waals surface area contributed by atoms with Crippen molar-refractivity contribution in [1.82, 2.24) is 0 Å². The fraction of sp³-hybridized carbons (Fsp3) is 0.250. The van der Waals surface area contributed by atoms with Crippen LogP contribution in [0.1, 0.15) is 28.4 Å². The highest BCUT2D eigenvalue weighted by atomic mass is 79.9. The number of aliphatic hydroxyl groups excluding tert-OH is 1. The number of aliphatic hydroxyl groups is 1. The Morgan fingerprint density at radius 3 is 2.35 bits per heavy atom. The lowest BCUT2D eigenvalue weighted by atomic mass is 9.94. The average molecular weight is 339 g/mol. The van der Waals surface area contributed by atoms with Gasteiger partial charge in [0.1, 0.15) is 17.7 Å². The standard InChI is InChI=1S/C16H16BrFO2/c1-9-8-13(17)10(2)14(16(9)20-3)15(19)11-4-6-12(18)7-5-11/h4-8,15,19H,1-3H3. The number of halogens is 2. The molecule has 1 unspecified atom stereocenters. The first kappa shape index (κ1) is 15.0. The van der Waals surface area contributed by atoms with Gasteiger partial charge in [0.25, 0.3) is 0 Å². The number of hydrogen-bond acceptors (Lipinski definition) is 2. The molecule has 0 radical (unpaired) electrons. The van der Waals surface area contributed by atoms with Crippen LogP contribution < -0.4 is 4.74 Å². The summed E-state index contributed by atoms with van der Waals surface area (Å²) >= 11 is 3.49. The Bertz CT molecular complexity index is 623. The molecule has 2 aromatic rings. The van der Waals surface area contributed by atoms with Crippen molar-refractivity contribution in [2.75, 3.05) is 7.11 Å². The fourth-order valence-corrected chi connectivity index (χ4v) is 2.84. The predicted molar refractivity (Wildman–Crippen MR) is 80.6 cm³/mol. The summed E-state index contributed by atoms with van der Waals surface area (Å²) in [6.45, 7) is 3.83. The first-order chi connectivity index (χ1) is 9.45. The van der Waals surface area contributed by atoms with Gasteiger partial charge in [-0.3, -0.25) is 0 Å². The molecule has 2 aromatic carbocycles. The molecule has 0 fully saturated rings. The summed E-state index contributed by atoms with van der Waals surface area (Å²) in [5.74, 6) is 0.331. The van der Waals surface area contributed by atoms with Crippen LogP contribution in [0.2, 0.25) is 0 Å². The van der Waals surface area contributed by atoms with Gasteiger partial charge in [-0.2, -0.15) is 0 Å². The zero-order valence-electron chi connectivity index (χ0n) is 11.6. The summed E-state index contributed by atoms with van der Waals surface area (Å²) in [6, 6.07) is 7.79. The van der Waals surface area contributed by atoms with E-state index in [2.05, 4.69) is 15.9 Å². The predicted octanol–water partition coefficient (Wildman–Crippen LogP) is 4.30.